The molecule has 3 aromatic rings. The number of fused-ring (bicyclic) bond motifs is 2. The number of carbonyl (C=O) groups excluding carboxylic acids is 1. The van der Waals surface area contributed by atoms with Crippen molar-refractivity contribution in [3.63, 3.8) is 0 Å². The number of rotatable bonds is 11. The Morgan fingerprint density at radius 3 is 2.83 bits per heavy atom. The van der Waals surface area contributed by atoms with Crippen molar-refractivity contribution in [1.29, 1.82) is 0 Å². The van der Waals surface area contributed by atoms with Gasteiger partial charge in [-0.1, -0.05) is 17.7 Å². The second-order valence-electron chi connectivity index (χ2n) is 10.5. The normalized spacial score (nSPS) is 23.7. The number of hydrogen-bond donors (Lipinski definition) is 2. The van der Waals surface area contributed by atoms with E-state index in [1.807, 2.05) is 12.1 Å². The van der Waals surface area contributed by atoms with E-state index < -0.39 is 5.82 Å². The van der Waals surface area contributed by atoms with Gasteiger partial charge in [-0.05, 0) is 42.5 Å². The topological polar surface area (TPSA) is 97.8 Å². The van der Waals surface area contributed by atoms with Crippen molar-refractivity contribution in [2.45, 2.75) is 12.5 Å². The number of benzene rings is 2. The predicted molar refractivity (Wildman–Crippen MR) is 151 cm³/mol. The molecule has 2 aromatic carbocycles. The minimum Gasteiger partial charge on any atom is -0.491 e. The van der Waals surface area contributed by atoms with E-state index in [9.17, 15) is 9.18 Å². The summed E-state index contributed by atoms with van der Waals surface area (Å²) in [6.07, 6.45) is 5.94. The van der Waals surface area contributed by atoms with Crippen LogP contribution in [0, 0.1) is 23.6 Å². The largest absolute Gasteiger partial charge is 0.491 e. The summed E-state index contributed by atoms with van der Waals surface area (Å²) in [5.41, 5.74) is 1.72. The number of methoxy groups -OCH3 is 1. The van der Waals surface area contributed by atoms with Crippen LogP contribution in [-0.4, -0.2) is 73.4 Å². The Labute approximate surface area is 236 Å². The van der Waals surface area contributed by atoms with Gasteiger partial charge in [0.2, 0.25) is 5.91 Å². The van der Waals surface area contributed by atoms with Crippen molar-refractivity contribution < 1.29 is 23.4 Å². The van der Waals surface area contributed by atoms with Crippen LogP contribution >= 0.6 is 11.6 Å². The number of nitrogens with zero attached hydrogens (tertiary/aromatic N) is 3. The van der Waals surface area contributed by atoms with Crippen molar-refractivity contribution in [3.8, 4) is 5.75 Å². The van der Waals surface area contributed by atoms with Gasteiger partial charge in [0.05, 0.1) is 42.7 Å². The first-order chi connectivity index (χ1) is 19.5. The van der Waals surface area contributed by atoms with E-state index in [0.717, 1.165) is 26.2 Å². The van der Waals surface area contributed by atoms with Gasteiger partial charge in [-0.15, -0.1) is 0 Å². The van der Waals surface area contributed by atoms with Gasteiger partial charge in [-0.2, -0.15) is 0 Å². The van der Waals surface area contributed by atoms with E-state index >= 15 is 0 Å². The molecule has 4 atom stereocenters. The van der Waals surface area contributed by atoms with Gasteiger partial charge >= 0.3 is 0 Å². The fraction of sp³-hybridized carbons (Fsp3) is 0.414. The lowest BCUT2D eigenvalue weighted by Crippen LogP contribution is -2.50. The molecule has 6 rings (SSSR count). The van der Waals surface area contributed by atoms with Crippen LogP contribution in [-0.2, 0) is 14.3 Å². The standard InChI is InChI=1S/C29H31ClFN5O4/c1-38-12-18-6-8-36(18)7-2-3-28(37)35-26-10-19-25(11-27(26)40-15-22-20-13-39-14-21(20)22)32-16-33-29(19)34-17-4-5-24(31)23(30)9-17/h2-5,9-11,16,18,20-22H,6-8,12-15H2,1H3,(H,35,37)(H,32,33,34)/b3-2+/t18-,20-,21+,22?/m0/s1. The average molecular weight is 568 g/mol. The molecule has 1 aromatic heterocycles. The third kappa shape index (κ3) is 5.76. The third-order valence-corrected chi connectivity index (χ3v) is 8.26. The van der Waals surface area contributed by atoms with Crippen LogP contribution in [0.15, 0.2) is 48.8 Å². The number of aromatic nitrogens is 2. The fourth-order valence-electron chi connectivity index (χ4n) is 5.49. The highest BCUT2D eigenvalue weighted by atomic mass is 35.5. The maximum Gasteiger partial charge on any atom is 0.248 e. The lowest BCUT2D eigenvalue weighted by Gasteiger charge is -2.39. The molecule has 1 aliphatic carbocycles. The van der Waals surface area contributed by atoms with E-state index in [0.29, 0.717) is 77.4 Å². The summed E-state index contributed by atoms with van der Waals surface area (Å²) in [6.45, 7) is 4.47. The summed E-state index contributed by atoms with van der Waals surface area (Å²) >= 11 is 5.96. The van der Waals surface area contributed by atoms with Crippen LogP contribution < -0.4 is 15.4 Å². The first kappa shape index (κ1) is 26.9. The van der Waals surface area contributed by atoms with Gasteiger partial charge in [-0.3, -0.25) is 9.69 Å². The predicted octanol–water partition coefficient (Wildman–Crippen LogP) is 4.65. The van der Waals surface area contributed by atoms with Gasteiger partial charge in [0.25, 0.3) is 0 Å². The molecule has 3 fully saturated rings. The molecule has 210 valence electrons. The highest BCUT2D eigenvalue weighted by Crippen LogP contribution is 2.51. The van der Waals surface area contributed by atoms with Crippen molar-refractivity contribution in [3.05, 3.63) is 59.7 Å². The average Bonchev–Trinajstić information content (AvgIpc) is 3.35. The number of amides is 1. The first-order valence-corrected chi connectivity index (χ1v) is 13.8. The van der Waals surface area contributed by atoms with Gasteiger partial charge in [0.1, 0.15) is 23.7 Å². The molecule has 40 heavy (non-hydrogen) atoms. The monoisotopic (exact) mass is 567 g/mol. The smallest absolute Gasteiger partial charge is 0.248 e. The minimum absolute atomic E-state index is 0.000739. The number of halogens is 2. The van der Waals surface area contributed by atoms with Crippen LogP contribution in [0.2, 0.25) is 5.02 Å². The third-order valence-electron chi connectivity index (χ3n) is 7.97. The van der Waals surface area contributed by atoms with Crippen molar-refractivity contribution in [1.82, 2.24) is 14.9 Å². The van der Waals surface area contributed by atoms with Crippen molar-refractivity contribution in [2.75, 3.05) is 57.3 Å². The van der Waals surface area contributed by atoms with E-state index in [2.05, 4.69) is 25.5 Å². The second kappa shape index (κ2) is 11.7. The Morgan fingerprint density at radius 1 is 1.23 bits per heavy atom. The van der Waals surface area contributed by atoms with Crippen LogP contribution in [0.3, 0.4) is 0 Å². The molecular formula is C29H31ClFN5O4. The molecule has 0 bridgehead atoms. The summed E-state index contributed by atoms with van der Waals surface area (Å²) in [7, 11) is 1.70. The highest BCUT2D eigenvalue weighted by Gasteiger charge is 2.54. The maximum absolute atomic E-state index is 13.7. The summed E-state index contributed by atoms with van der Waals surface area (Å²) in [5, 5.41) is 6.82. The lowest BCUT2D eigenvalue weighted by atomic mass is 10.0. The summed E-state index contributed by atoms with van der Waals surface area (Å²) < 4.78 is 30.7. The van der Waals surface area contributed by atoms with Gasteiger partial charge in [-0.25, -0.2) is 14.4 Å². The van der Waals surface area contributed by atoms with Crippen molar-refractivity contribution >= 4 is 45.6 Å². The molecule has 1 unspecified atom stereocenters. The number of likely N-dealkylation sites (tertiary alicyclic amines) is 1. The molecule has 1 amide bonds. The SMILES string of the molecule is COC[C@@H]1CCN1C/C=C/C(=O)Nc1cc2c(Nc3ccc(F)c(Cl)c3)ncnc2cc1OCC1[C@H]2COC[C@@H]12. The Morgan fingerprint density at radius 2 is 2.08 bits per heavy atom. The molecule has 2 N–H and O–H groups in total. The van der Waals surface area contributed by atoms with Gasteiger partial charge in [0.15, 0.2) is 0 Å². The zero-order chi connectivity index (χ0) is 27.6. The number of hydrogen-bond acceptors (Lipinski definition) is 8. The second-order valence-corrected chi connectivity index (χ2v) is 10.9. The zero-order valence-electron chi connectivity index (χ0n) is 22.1. The van der Waals surface area contributed by atoms with Gasteiger partial charge < -0.3 is 24.8 Å². The molecule has 1 saturated carbocycles. The summed E-state index contributed by atoms with van der Waals surface area (Å²) in [5.74, 6) is 1.81. The summed E-state index contributed by atoms with van der Waals surface area (Å²) in [6, 6.07) is 8.35. The number of ether oxygens (including phenoxy) is 3. The zero-order valence-corrected chi connectivity index (χ0v) is 22.9. The van der Waals surface area contributed by atoms with Crippen LogP contribution in [0.5, 0.6) is 5.75 Å². The Bertz CT molecular complexity index is 1430. The van der Waals surface area contributed by atoms with E-state index in [4.69, 9.17) is 25.8 Å². The quantitative estimate of drug-likeness (QED) is 0.323. The number of anilines is 3. The Hall–Kier alpha value is -3.31. The highest BCUT2D eigenvalue weighted by molar-refractivity contribution is 6.31. The van der Waals surface area contributed by atoms with E-state index in [-0.39, 0.29) is 10.9 Å². The minimum atomic E-state index is -0.505. The molecule has 3 aliphatic rings. The van der Waals surface area contributed by atoms with Gasteiger partial charge in [0, 0.05) is 55.4 Å². The van der Waals surface area contributed by atoms with Crippen molar-refractivity contribution in [2.24, 2.45) is 17.8 Å². The lowest BCUT2D eigenvalue weighted by molar-refractivity contribution is -0.112. The molecular weight excluding hydrogens is 537 g/mol. The maximum atomic E-state index is 13.7. The van der Waals surface area contributed by atoms with E-state index in [1.54, 1.807) is 25.3 Å². The molecule has 3 heterocycles. The molecule has 11 heteroatoms. The van der Waals surface area contributed by atoms with Crippen LogP contribution in [0.4, 0.5) is 21.6 Å². The Kier molecular flexibility index (Phi) is 7.84. The molecule has 9 nitrogen and oxygen atoms in total. The first-order valence-electron chi connectivity index (χ1n) is 13.4. The Balaban J connectivity index is 1.22. The van der Waals surface area contributed by atoms with Crippen LogP contribution in [0.1, 0.15) is 6.42 Å². The molecule has 2 aliphatic heterocycles. The summed E-state index contributed by atoms with van der Waals surface area (Å²) in [4.78, 5) is 24.0. The van der Waals surface area contributed by atoms with E-state index in [1.165, 1.54) is 18.5 Å². The fourth-order valence-corrected chi connectivity index (χ4v) is 5.67. The number of nitrogens with one attached hydrogen (secondary N) is 2. The number of carbonyl (C=O) groups is 1. The molecule has 0 radical (unpaired) electrons. The molecule has 0 spiro atoms. The van der Waals surface area contributed by atoms with Crippen LogP contribution in [0.25, 0.3) is 10.9 Å². The molecule has 2 saturated heterocycles.